The van der Waals surface area contributed by atoms with Crippen molar-refractivity contribution in [2.24, 2.45) is 0 Å². The topological polar surface area (TPSA) is 25.8 Å². The monoisotopic (exact) mass is 904 g/mol. The maximum Gasteiger partial charge on any atom is 0.0340 e. The number of allylic oxidation sites excluding steroid dienone is 1. The predicted molar refractivity (Wildman–Crippen MR) is 193 cm³/mol. The number of benzene rings is 2. The van der Waals surface area contributed by atoms with Crippen LogP contribution >= 0.6 is 0 Å². The molecule has 0 atom stereocenters. The normalized spacial score (nSPS) is 6.91. The van der Waals surface area contributed by atoms with Crippen molar-refractivity contribution in [3.05, 3.63) is 200 Å². The number of pyridine rings is 2. The molecule has 4 aromatic rings. The van der Waals surface area contributed by atoms with Gasteiger partial charge in [-0.2, -0.15) is 0 Å². The molecular formula is C39H52N2Y4-4. The molecule has 0 amide bonds. The first-order valence-corrected chi connectivity index (χ1v) is 11.9. The Morgan fingerprint density at radius 2 is 0.889 bits per heavy atom. The van der Waals surface area contributed by atoms with Gasteiger partial charge < -0.3 is 29.7 Å². The third-order valence-electron chi connectivity index (χ3n) is 4.45. The quantitative estimate of drug-likeness (QED) is 0.151. The van der Waals surface area contributed by atoms with Crippen LogP contribution in [0.3, 0.4) is 0 Å². The van der Waals surface area contributed by atoms with E-state index < -0.39 is 0 Å². The smallest absolute Gasteiger partial charge is 0.0340 e. The van der Waals surface area contributed by atoms with E-state index in [1.165, 1.54) is 22.3 Å². The Morgan fingerprint density at radius 3 is 1.20 bits per heavy atom. The molecule has 0 bridgehead atoms. The Bertz CT molecular complexity index is 1140. The molecule has 0 N–H and O–H groups in total. The standard InChI is InChI=1S/2C9H10.2C7H7N.C3H6.4CH3.4Y/c1-3-9-6-4-8(2)5-7-9;1-3-9-6-4-5-8(2)7-9;1-2-7-3-5-8-6-4-7;1-2-7-4-3-5-8-6-7;1-3-2;;;;;;;;/h2*3-7H,1H2,2H3;2*2-6H,1H2;3H,1H2,2H3;4*1H3;;;;/q;;;;;4*-1;;;;. The summed E-state index contributed by atoms with van der Waals surface area (Å²) in [5, 5.41) is 0. The van der Waals surface area contributed by atoms with E-state index in [0.29, 0.717) is 0 Å². The first kappa shape index (κ1) is 67.1. The zero-order valence-electron chi connectivity index (χ0n) is 28.9. The molecule has 2 aromatic carbocycles. The molecule has 0 aliphatic heterocycles. The third kappa shape index (κ3) is 39.9. The van der Waals surface area contributed by atoms with E-state index >= 15 is 0 Å². The third-order valence-corrected chi connectivity index (χ3v) is 4.45. The predicted octanol–water partition coefficient (Wildman–Crippen LogP) is 11.7. The van der Waals surface area contributed by atoms with Crippen molar-refractivity contribution >= 4 is 24.3 Å². The van der Waals surface area contributed by atoms with Crippen LogP contribution in [0.5, 0.6) is 0 Å². The van der Waals surface area contributed by atoms with E-state index in [1.807, 2.05) is 55.5 Å². The molecule has 0 saturated heterocycles. The molecule has 0 unspecified atom stereocenters. The molecule has 6 heteroatoms. The fourth-order valence-corrected chi connectivity index (χ4v) is 2.50. The molecule has 234 valence electrons. The van der Waals surface area contributed by atoms with Crippen molar-refractivity contribution in [1.82, 2.24) is 9.97 Å². The van der Waals surface area contributed by atoms with E-state index in [-0.39, 0.29) is 161 Å². The summed E-state index contributed by atoms with van der Waals surface area (Å²) in [5.41, 5.74) is 7.12. The van der Waals surface area contributed by atoms with Gasteiger partial charge in [0.05, 0.1) is 0 Å². The zero-order chi connectivity index (χ0) is 27.7. The number of hydrogen-bond acceptors (Lipinski definition) is 2. The fraction of sp³-hybridized carbons (Fsp3) is 0.0769. The van der Waals surface area contributed by atoms with Gasteiger partial charge in [-0.25, -0.2) is 0 Å². The van der Waals surface area contributed by atoms with E-state index in [4.69, 9.17) is 0 Å². The molecule has 0 aliphatic rings. The number of nitrogens with zero attached hydrogens (tertiary/aromatic N) is 2. The molecular weight excluding hydrogens is 852 g/mol. The summed E-state index contributed by atoms with van der Waals surface area (Å²) in [6, 6.07) is 24.2. The molecule has 0 spiro atoms. The van der Waals surface area contributed by atoms with Crippen LogP contribution in [0.4, 0.5) is 0 Å². The van der Waals surface area contributed by atoms with Crippen molar-refractivity contribution in [3.63, 3.8) is 0 Å². The van der Waals surface area contributed by atoms with Crippen molar-refractivity contribution in [3.8, 4) is 0 Å². The summed E-state index contributed by atoms with van der Waals surface area (Å²) in [5.74, 6) is 0. The molecule has 0 saturated carbocycles. The minimum absolute atomic E-state index is 0. The maximum absolute atomic E-state index is 3.88. The molecule has 2 aromatic heterocycles. The number of rotatable bonds is 4. The molecule has 45 heavy (non-hydrogen) atoms. The van der Waals surface area contributed by atoms with Gasteiger partial charge in [-0.15, -0.1) is 6.58 Å². The van der Waals surface area contributed by atoms with Gasteiger partial charge in [-0.05, 0) is 61.2 Å². The zero-order valence-corrected chi connectivity index (χ0v) is 40.2. The van der Waals surface area contributed by atoms with Crippen molar-refractivity contribution in [2.75, 3.05) is 0 Å². The number of aromatic nitrogens is 2. The average molecular weight is 904 g/mol. The van der Waals surface area contributed by atoms with Crippen molar-refractivity contribution in [2.45, 2.75) is 20.8 Å². The molecule has 0 aliphatic carbocycles. The SMILES string of the molecule is C=CC.C=Cc1ccc(C)cc1.C=Cc1cccc(C)c1.C=Cc1cccnc1.C=Cc1ccncc1.[CH3-].[CH3-].[CH3-].[CH3-].[Y].[Y].[Y].[Y]. The second-order valence-corrected chi connectivity index (χ2v) is 7.62. The molecule has 2 nitrogen and oxygen atoms in total. The van der Waals surface area contributed by atoms with E-state index in [2.05, 4.69) is 93.1 Å². The second kappa shape index (κ2) is 48.3. The Morgan fingerprint density at radius 1 is 0.467 bits per heavy atom. The minimum atomic E-state index is 0. The fourth-order valence-electron chi connectivity index (χ4n) is 2.50. The van der Waals surface area contributed by atoms with E-state index in [1.54, 1.807) is 43.0 Å². The van der Waals surface area contributed by atoms with Crippen LogP contribution in [-0.4, -0.2) is 9.97 Å². The van der Waals surface area contributed by atoms with Crippen LogP contribution in [-0.2, 0) is 131 Å². The summed E-state index contributed by atoms with van der Waals surface area (Å²) in [6.45, 7) is 23.9. The Kier molecular flexibility index (Phi) is 72.0. The van der Waals surface area contributed by atoms with Crippen LogP contribution in [0.25, 0.3) is 24.3 Å². The van der Waals surface area contributed by atoms with Gasteiger partial charge in [-0.1, -0.05) is 122 Å². The van der Waals surface area contributed by atoms with Gasteiger partial charge in [0.15, 0.2) is 0 Å². The van der Waals surface area contributed by atoms with Crippen LogP contribution in [0.1, 0.15) is 40.3 Å². The largest absolute Gasteiger partial charge is 0.358 e. The first-order valence-electron chi connectivity index (χ1n) is 11.9. The van der Waals surface area contributed by atoms with Crippen LogP contribution in [0, 0.1) is 43.6 Å². The average Bonchev–Trinajstić information content (AvgIpc) is 2.96. The van der Waals surface area contributed by atoms with Gasteiger partial charge in [0, 0.05) is 156 Å². The number of hydrogen-bond donors (Lipinski definition) is 0. The van der Waals surface area contributed by atoms with Crippen molar-refractivity contribution in [1.29, 1.82) is 0 Å². The summed E-state index contributed by atoms with van der Waals surface area (Å²) >= 11 is 0. The van der Waals surface area contributed by atoms with Crippen molar-refractivity contribution < 1.29 is 131 Å². The van der Waals surface area contributed by atoms with Gasteiger partial charge in [0.2, 0.25) is 0 Å². The summed E-state index contributed by atoms with van der Waals surface area (Å²) in [4.78, 5) is 7.73. The summed E-state index contributed by atoms with van der Waals surface area (Å²) in [7, 11) is 0. The second-order valence-electron chi connectivity index (χ2n) is 7.62. The molecule has 4 radical (unpaired) electrons. The van der Waals surface area contributed by atoms with Crippen LogP contribution in [0.2, 0.25) is 0 Å². The van der Waals surface area contributed by atoms with Gasteiger partial charge >= 0.3 is 0 Å². The Hall–Kier alpha value is -0.144. The summed E-state index contributed by atoms with van der Waals surface area (Å²) in [6.07, 6.45) is 16.0. The van der Waals surface area contributed by atoms with Gasteiger partial charge in [0.25, 0.3) is 0 Å². The summed E-state index contributed by atoms with van der Waals surface area (Å²) < 4.78 is 0. The molecule has 0 fully saturated rings. The molecule has 2 heterocycles. The van der Waals surface area contributed by atoms with E-state index in [9.17, 15) is 0 Å². The van der Waals surface area contributed by atoms with E-state index in [0.717, 1.165) is 11.1 Å². The maximum atomic E-state index is 3.88. The minimum Gasteiger partial charge on any atom is -0.358 e. The first-order chi connectivity index (χ1) is 17.9. The van der Waals surface area contributed by atoms with Gasteiger partial charge in [0.1, 0.15) is 0 Å². The van der Waals surface area contributed by atoms with Crippen LogP contribution in [0.15, 0.2) is 137 Å². The molecule has 4 rings (SSSR count). The van der Waals surface area contributed by atoms with Crippen LogP contribution < -0.4 is 0 Å². The number of aryl methyl sites for hydroxylation is 2. The Balaban J connectivity index is -0.0000000504. The Labute approximate surface area is 379 Å². The van der Waals surface area contributed by atoms with Gasteiger partial charge in [-0.3, -0.25) is 9.97 Å².